The Morgan fingerprint density at radius 1 is 1.15 bits per heavy atom. The molecule has 0 aliphatic rings. The minimum atomic E-state index is -0.666. The molecule has 0 radical (unpaired) electrons. The Bertz CT molecular complexity index is 1710. The van der Waals surface area contributed by atoms with Crippen molar-refractivity contribution in [3.8, 4) is 17.3 Å². The van der Waals surface area contributed by atoms with Crippen molar-refractivity contribution >= 4 is 35.5 Å². The zero-order chi connectivity index (χ0) is 24.7. The Hall–Kier alpha value is -4.46. The van der Waals surface area contributed by atoms with Gasteiger partial charge in [-0.2, -0.15) is 10.1 Å². The summed E-state index contributed by atoms with van der Waals surface area (Å²) >= 11 is 5.22. The van der Waals surface area contributed by atoms with E-state index in [4.69, 9.17) is 17.0 Å². The average molecular weight is 484 g/mol. The number of anilines is 1. The number of aromatic hydroxyl groups is 1. The fourth-order valence-electron chi connectivity index (χ4n) is 3.47. The molecule has 0 spiro atoms. The van der Waals surface area contributed by atoms with E-state index in [1.165, 1.54) is 34.9 Å². The highest BCUT2D eigenvalue weighted by Crippen LogP contribution is 2.26. The molecule has 0 fully saturated rings. The van der Waals surface area contributed by atoms with Crippen LogP contribution in [0.4, 0.5) is 5.95 Å². The van der Waals surface area contributed by atoms with E-state index in [1.807, 2.05) is 0 Å². The van der Waals surface area contributed by atoms with Gasteiger partial charge in [0.1, 0.15) is 11.3 Å². The van der Waals surface area contributed by atoms with Gasteiger partial charge in [-0.15, -0.1) is 0 Å². The number of hydrogen-bond donors (Lipinski definition) is 3. The van der Waals surface area contributed by atoms with Crippen molar-refractivity contribution in [2.24, 2.45) is 26.2 Å². The van der Waals surface area contributed by atoms with Gasteiger partial charge in [0, 0.05) is 21.1 Å². The van der Waals surface area contributed by atoms with Crippen molar-refractivity contribution in [2.75, 3.05) is 12.5 Å². The fourth-order valence-corrected chi connectivity index (χ4v) is 3.74. The highest BCUT2D eigenvalue weighted by Gasteiger charge is 2.18. The molecule has 4 aromatic rings. The van der Waals surface area contributed by atoms with E-state index in [9.17, 15) is 19.5 Å². The monoisotopic (exact) mass is 484 g/mol. The average Bonchev–Trinajstić information content (AvgIpc) is 3.14. The van der Waals surface area contributed by atoms with Crippen LogP contribution in [0, 0.1) is 4.77 Å². The van der Waals surface area contributed by atoms with E-state index >= 15 is 0 Å². The molecule has 0 aliphatic carbocycles. The third-order valence-corrected chi connectivity index (χ3v) is 5.57. The lowest BCUT2D eigenvalue weighted by atomic mass is 10.2. The van der Waals surface area contributed by atoms with E-state index in [2.05, 4.69) is 20.5 Å². The molecular formula is C20H20N8O5S. The lowest BCUT2D eigenvalue weighted by molar-refractivity contribution is 0.402. The molecule has 0 amide bonds. The summed E-state index contributed by atoms with van der Waals surface area (Å²) in [5.41, 5.74) is 1.51. The number of nitrogens with zero attached hydrogens (tertiary/aromatic N) is 6. The van der Waals surface area contributed by atoms with Crippen molar-refractivity contribution in [3.63, 3.8) is 0 Å². The van der Waals surface area contributed by atoms with E-state index < -0.39 is 22.7 Å². The molecule has 3 heterocycles. The van der Waals surface area contributed by atoms with Crippen molar-refractivity contribution in [1.29, 1.82) is 0 Å². The van der Waals surface area contributed by atoms with Crippen molar-refractivity contribution in [3.05, 3.63) is 65.8 Å². The predicted octanol–water partition coefficient (Wildman–Crippen LogP) is 0.339. The molecule has 0 aliphatic heterocycles. The Kier molecular flexibility index (Phi) is 5.66. The van der Waals surface area contributed by atoms with Crippen LogP contribution < -0.4 is 27.0 Å². The lowest BCUT2D eigenvalue weighted by Gasteiger charge is -2.14. The summed E-state index contributed by atoms with van der Waals surface area (Å²) in [6.07, 6.45) is 1.09. The van der Waals surface area contributed by atoms with E-state index in [0.29, 0.717) is 11.4 Å². The third kappa shape index (κ3) is 3.49. The summed E-state index contributed by atoms with van der Waals surface area (Å²) in [5, 5.41) is 14.8. The van der Waals surface area contributed by atoms with Crippen LogP contribution in [0.1, 0.15) is 5.56 Å². The number of ether oxygens (including phenoxy) is 1. The number of hydrazone groups is 1. The second-order valence-corrected chi connectivity index (χ2v) is 7.63. The molecule has 0 saturated heterocycles. The topological polar surface area (TPSA) is 153 Å². The highest BCUT2D eigenvalue weighted by atomic mass is 32.1. The van der Waals surface area contributed by atoms with Gasteiger partial charge in [0.05, 0.1) is 19.0 Å². The van der Waals surface area contributed by atoms with Gasteiger partial charge in [0.15, 0.2) is 15.9 Å². The summed E-state index contributed by atoms with van der Waals surface area (Å²) in [4.78, 5) is 43.9. The largest absolute Gasteiger partial charge is 0.495 e. The number of methoxy groups -OCH3 is 1. The predicted molar refractivity (Wildman–Crippen MR) is 128 cm³/mol. The second-order valence-electron chi connectivity index (χ2n) is 7.25. The van der Waals surface area contributed by atoms with Gasteiger partial charge in [0.2, 0.25) is 11.8 Å². The maximum absolute atomic E-state index is 12.5. The van der Waals surface area contributed by atoms with Crippen LogP contribution in [0.5, 0.6) is 11.6 Å². The number of nitrogens with one attached hydrogen (secondary N) is 2. The molecule has 176 valence electrons. The van der Waals surface area contributed by atoms with Crippen LogP contribution in [-0.2, 0) is 21.1 Å². The Labute approximate surface area is 195 Å². The number of aromatic amines is 1. The fraction of sp³-hybridized carbons (Fsp3) is 0.200. The maximum Gasteiger partial charge on any atom is 0.332 e. The van der Waals surface area contributed by atoms with Crippen LogP contribution >= 0.6 is 12.2 Å². The van der Waals surface area contributed by atoms with Gasteiger partial charge < -0.3 is 14.4 Å². The van der Waals surface area contributed by atoms with Crippen molar-refractivity contribution in [1.82, 2.24) is 28.2 Å². The number of imidazole rings is 1. The van der Waals surface area contributed by atoms with Crippen LogP contribution in [0.15, 0.2) is 43.8 Å². The van der Waals surface area contributed by atoms with Crippen molar-refractivity contribution < 1.29 is 9.84 Å². The zero-order valence-corrected chi connectivity index (χ0v) is 19.4. The van der Waals surface area contributed by atoms with Crippen LogP contribution in [0.25, 0.3) is 16.9 Å². The molecule has 13 nitrogen and oxygen atoms in total. The number of rotatable bonds is 5. The van der Waals surface area contributed by atoms with Crippen LogP contribution in [0.2, 0.25) is 0 Å². The van der Waals surface area contributed by atoms with Gasteiger partial charge in [-0.3, -0.25) is 28.3 Å². The molecule has 14 heteroatoms. The minimum Gasteiger partial charge on any atom is -0.495 e. The van der Waals surface area contributed by atoms with Gasteiger partial charge in [0.25, 0.3) is 11.1 Å². The van der Waals surface area contributed by atoms with Gasteiger partial charge in [-0.1, -0.05) is 12.1 Å². The molecule has 4 rings (SSSR count). The van der Waals surface area contributed by atoms with Crippen LogP contribution in [0.3, 0.4) is 0 Å². The third-order valence-electron chi connectivity index (χ3n) is 5.28. The van der Waals surface area contributed by atoms with Gasteiger partial charge >= 0.3 is 5.69 Å². The molecule has 0 saturated carbocycles. The molecule has 34 heavy (non-hydrogen) atoms. The standard InChI is InChI=1S/C20H20N8O5S/c1-25-13-14(26(2)20(32)27(3)17(13)31)22-18(25)24-21-9-10-15(29)23-19(34)28(16(10)30)11-7-5-6-8-12(11)33-4/h5-9,30H,1-4H3,(H,22,24)(H,23,29,34)/b21-9+. The molecule has 3 aromatic heterocycles. The number of hydrogen-bond acceptors (Lipinski definition) is 9. The lowest BCUT2D eigenvalue weighted by Crippen LogP contribution is -2.37. The summed E-state index contributed by atoms with van der Waals surface area (Å²) in [6, 6.07) is 6.82. The maximum atomic E-state index is 12.5. The smallest absolute Gasteiger partial charge is 0.332 e. The Balaban J connectivity index is 1.78. The summed E-state index contributed by atoms with van der Waals surface area (Å²) in [6.45, 7) is 0. The number of para-hydroxylation sites is 2. The Morgan fingerprint density at radius 2 is 1.85 bits per heavy atom. The molecule has 0 unspecified atom stereocenters. The van der Waals surface area contributed by atoms with E-state index in [1.54, 1.807) is 31.3 Å². The first-order chi connectivity index (χ1) is 16.2. The molecule has 3 N–H and O–H groups in total. The molecule has 0 atom stereocenters. The molecule has 0 bridgehead atoms. The van der Waals surface area contributed by atoms with Gasteiger partial charge in [-0.05, 0) is 24.4 Å². The van der Waals surface area contributed by atoms with Gasteiger partial charge in [-0.25, -0.2) is 10.2 Å². The Morgan fingerprint density at radius 3 is 2.56 bits per heavy atom. The summed E-state index contributed by atoms with van der Waals surface area (Å²) < 4.78 is 10.2. The minimum absolute atomic E-state index is 0.0378. The number of aryl methyl sites for hydroxylation is 2. The van der Waals surface area contributed by atoms with E-state index in [-0.39, 0.29) is 27.4 Å². The first kappa shape index (κ1) is 22.7. The summed E-state index contributed by atoms with van der Waals surface area (Å²) in [7, 11) is 5.91. The molecule has 1 aromatic carbocycles. The number of aromatic nitrogens is 6. The highest BCUT2D eigenvalue weighted by molar-refractivity contribution is 7.71. The van der Waals surface area contributed by atoms with Crippen LogP contribution in [-0.4, -0.2) is 46.7 Å². The number of fused-ring (bicyclic) bond motifs is 1. The number of H-pyrrole nitrogens is 1. The number of benzene rings is 1. The van der Waals surface area contributed by atoms with E-state index in [0.717, 1.165) is 10.8 Å². The SMILES string of the molecule is COc1ccccc1-n1c(O)c(/C=N/Nc2nc3c(c(=O)n(C)c(=O)n3C)n2C)c(=O)[nH]c1=S. The molecular weight excluding hydrogens is 464 g/mol. The van der Waals surface area contributed by atoms with Crippen molar-refractivity contribution in [2.45, 2.75) is 0 Å². The zero-order valence-electron chi connectivity index (χ0n) is 18.6. The quantitative estimate of drug-likeness (QED) is 0.208. The summed E-state index contributed by atoms with van der Waals surface area (Å²) in [5.74, 6) is 0.108. The second kappa shape index (κ2) is 8.47. The first-order valence-electron chi connectivity index (χ1n) is 9.80. The normalized spacial score (nSPS) is 11.4. The first-order valence-corrected chi connectivity index (χ1v) is 10.2.